The first-order valence-corrected chi connectivity index (χ1v) is 6.82. The number of carboxylic acid groups (broad SMARTS) is 1. The highest BCUT2D eigenvalue weighted by molar-refractivity contribution is 5.87. The molecule has 1 fully saturated rings. The van der Waals surface area contributed by atoms with E-state index in [4.69, 9.17) is 10.8 Å². The van der Waals surface area contributed by atoms with Crippen molar-refractivity contribution in [1.82, 2.24) is 4.98 Å². The van der Waals surface area contributed by atoms with Crippen molar-refractivity contribution >= 4 is 17.5 Å². The molecule has 0 aromatic carbocycles. The van der Waals surface area contributed by atoms with E-state index in [1.807, 2.05) is 11.9 Å². The van der Waals surface area contributed by atoms with Gasteiger partial charge < -0.3 is 15.7 Å². The molecule has 5 nitrogen and oxygen atoms in total. The van der Waals surface area contributed by atoms with E-state index < -0.39 is 5.97 Å². The minimum Gasteiger partial charge on any atom is -0.477 e. The van der Waals surface area contributed by atoms with Gasteiger partial charge in [0.1, 0.15) is 0 Å². The van der Waals surface area contributed by atoms with Crippen LogP contribution in [0, 0.1) is 0 Å². The Bertz CT molecular complexity index is 454. The van der Waals surface area contributed by atoms with E-state index in [2.05, 4.69) is 4.98 Å². The number of hydrogen-bond acceptors (Lipinski definition) is 4. The van der Waals surface area contributed by atoms with Crippen LogP contribution < -0.4 is 10.6 Å². The fraction of sp³-hybridized carbons (Fsp3) is 0.571. The third-order valence-corrected chi connectivity index (χ3v) is 3.83. The topological polar surface area (TPSA) is 79.5 Å². The number of nitrogen functional groups attached to an aromatic ring is 1. The first-order chi connectivity index (χ1) is 9.09. The number of hydrogen-bond donors (Lipinski definition) is 2. The minimum atomic E-state index is -1.02. The van der Waals surface area contributed by atoms with Crippen LogP contribution in [0.2, 0.25) is 0 Å². The Labute approximate surface area is 113 Å². The number of anilines is 2. The van der Waals surface area contributed by atoms with E-state index in [0.29, 0.717) is 17.5 Å². The average molecular weight is 263 g/mol. The molecule has 0 aliphatic heterocycles. The summed E-state index contributed by atoms with van der Waals surface area (Å²) >= 11 is 0. The highest BCUT2D eigenvalue weighted by Crippen LogP contribution is 2.27. The van der Waals surface area contributed by atoms with E-state index in [0.717, 1.165) is 12.8 Å². The molecule has 1 heterocycles. The zero-order valence-corrected chi connectivity index (χ0v) is 11.3. The standard InChI is InChI=1S/C14H21N3O2/c1-17(10-6-4-2-3-5-7-10)13-11(15)8-9-12(16-13)14(18)19/h8-10H,2-7,15H2,1H3,(H,18,19). The number of carboxylic acids is 1. The van der Waals surface area contributed by atoms with Crippen LogP contribution in [0.25, 0.3) is 0 Å². The first kappa shape index (κ1) is 13.6. The van der Waals surface area contributed by atoms with Crippen LogP contribution >= 0.6 is 0 Å². The minimum absolute atomic E-state index is 0.0460. The molecular formula is C14H21N3O2. The van der Waals surface area contributed by atoms with Crippen molar-refractivity contribution in [2.45, 2.75) is 44.6 Å². The van der Waals surface area contributed by atoms with Crippen molar-refractivity contribution < 1.29 is 9.90 Å². The number of rotatable bonds is 3. The molecule has 0 amide bonds. The van der Waals surface area contributed by atoms with Crippen molar-refractivity contribution in [3.63, 3.8) is 0 Å². The normalized spacial score (nSPS) is 16.9. The summed E-state index contributed by atoms with van der Waals surface area (Å²) in [6.07, 6.45) is 7.23. The van der Waals surface area contributed by atoms with Crippen molar-refractivity contribution in [1.29, 1.82) is 0 Å². The van der Waals surface area contributed by atoms with Gasteiger partial charge in [-0.2, -0.15) is 0 Å². The summed E-state index contributed by atoms with van der Waals surface area (Å²) < 4.78 is 0. The molecule has 1 aromatic heterocycles. The Morgan fingerprint density at radius 1 is 1.32 bits per heavy atom. The van der Waals surface area contributed by atoms with Crippen LogP contribution in [0.3, 0.4) is 0 Å². The van der Waals surface area contributed by atoms with Gasteiger partial charge >= 0.3 is 5.97 Å². The molecule has 0 radical (unpaired) electrons. The van der Waals surface area contributed by atoms with Gasteiger partial charge in [0.05, 0.1) is 5.69 Å². The average Bonchev–Trinajstić information content (AvgIpc) is 2.67. The molecule has 1 aliphatic carbocycles. The number of carbonyl (C=O) groups is 1. The summed E-state index contributed by atoms with van der Waals surface area (Å²) in [6, 6.07) is 3.47. The van der Waals surface area contributed by atoms with E-state index in [-0.39, 0.29) is 5.69 Å². The van der Waals surface area contributed by atoms with Gasteiger partial charge in [0, 0.05) is 13.1 Å². The lowest BCUT2D eigenvalue weighted by Gasteiger charge is -2.29. The molecule has 1 aromatic rings. The molecule has 2 rings (SSSR count). The van der Waals surface area contributed by atoms with Gasteiger partial charge in [-0.05, 0) is 25.0 Å². The molecule has 1 aliphatic rings. The quantitative estimate of drug-likeness (QED) is 0.819. The third kappa shape index (κ3) is 3.16. The summed E-state index contributed by atoms with van der Waals surface area (Å²) in [6.45, 7) is 0. The molecule has 0 spiro atoms. The lowest BCUT2D eigenvalue weighted by molar-refractivity contribution is 0.0690. The van der Waals surface area contributed by atoms with Crippen molar-refractivity contribution in [2.24, 2.45) is 0 Å². The highest BCUT2D eigenvalue weighted by atomic mass is 16.4. The van der Waals surface area contributed by atoms with Crippen LogP contribution in [0.5, 0.6) is 0 Å². The molecule has 19 heavy (non-hydrogen) atoms. The van der Waals surface area contributed by atoms with Crippen LogP contribution in [0.1, 0.15) is 49.0 Å². The molecule has 1 saturated carbocycles. The van der Waals surface area contributed by atoms with Gasteiger partial charge in [-0.25, -0.2) is 9.78 Å². The van der Waals surface area contributed by atoms with Gasteiger partial charge in [0.2, 0.25) is 0 Å². The SMILES string of the molecule is CN(c1nc(C(=O)O)ccc1N)C1CCCCCC1. The molecular weight excluding hydrogens is 242 g/mol. The van der Waals surface area contributed by atoms with Gasteiger partial charge in [-0.15, -0.1) is 0 Å². The number of nitrogens with zero attached hydrogens (tertiary/aromatic N) is 2. The van der Waals surface area contributed by atoms with Crippen LogP contribution in [0.15, 0.2) is 12.1 Å². The number of aromatic carboxylic acids is 1. The van der Waals surface area contributed by atoms with Crippen LogP contribution in [-0.4, -0.2) is 29.1 Å². The smallest absolute Gasteiger partial charge is 0.354 e. The Kier molecular flexibility index (Phi) is 4.24. The molecule has 5 heteroatoms. The number of nitrogens with two attached hydrogens (primary N) is 1. The number of aromatic nitrogens is 1. The maximum absolute atomic E-state index is 11.0. The van der Waals surface area contributed by atoms with Crippen LogP contribution in [-0.2, 0) is 0 Å². The van der Waals surface area contributed by atoms with Gasteiger partial charge in [-0.1, -0.05) is 25.7 Å². The van der Waals surface area contributed by atoms with Crippen molar-refractivity contribution in [2.75, 3.05) is 17.7 Å². The maximum Gasteiger partial charge on any atom is 0.354 e. The number of pyridine rings is 1. The lowest BCUT2D eigenvalue weighted by Crippen LogP contribution is -2.32. The Hall–Kier alpha value is -1.78. The highest BCUT2D eigenvalue weighted by Gasteiger charge is 2.20. The maximum atomic E-state index is 11.0. The van der Waals surface area contributed by atoms with Crippen molar-refractivity contribution in [3.8, 4) is 0 Å². The summed E-state index contributed by atoms with van der Waals surface area (Å²) in [5.74, 6) is -0.428. The summed E-state index contributed by atoms with van der Waals surface area (Å²) in [7, 11) is 1.96. The Balaban J connectivity index is 2.23. The molecule has 3 N–H and O–H groups in total. The summed E-state index contributed by atoms with van der Waals surface area (Å²) in [5, 5.41) is 9.02. The second-order valence-corrected chi connectivity index (χ2v) is 5.17. The van der Waals surface area contributed by atoms with E-state index in [1.54, 1.807) is 6.07 Å². The van der Waals surface area contributed by atoms with E-state index >= 15 is 0 Å². The molecule has 104 valence electrons. The Morgan fingerprint density at radius 2 is 1.95 bits per heavy atom. The third-order valence-electron chi connectivity index (χ3n) is 3.83. The zero-order chi connectivity index (χ0) is 13.8. The largest absolute Gasteiger partial charge is 0.477 e. The predicted octanol–water partition coefficient (Wildman–Crippen LogP) is 2.52. The summed E-state index contributed by atoms with van der Waals surface area (Å²) in [5.41, 5.74) is 6.52. The van der Waals surface area contributed by atoms with E-state index in [1.165, 1.54) is 31.7 Å². The monoisotopic (exact) mass is 263 g/mol. The lowest BCUT2D eigenvalue weighted by atomic mass is 10.1. The zero-order valence-electron chi connectivity index (χ0n) is 11.3. The van der Waals surface area contributed by atoms with E-state index in [9.17, 15) is 4.79 Å². The first-order valence-electron chi connectivity index (χ1n) is 6.82. The Morgan fingerprint density at radius 3 is 2.53 bits per heavy atom. The van der Waals surface area contributed by atoms with Gasteiger partial charge in [-0.3, -0.25) is 0 Å². The molecule has 0 atom stereocenters. The molecule has 0 bridgehead atoms. The molecule has 0 unspecified atom stereocenters. The van der Waals surface area contributed by atoms with Crippen molar-refractivity contribution in [3.05, 3.63) is 17.8 Å². The summed E-state index contributed by atoms with van der Waals surface area (Å²) in [4.78, 5) is 17.2. The fourth-order valence-electron chi connectivity index (χ4n) is 2.68. The van der Waals surface area contributed by atoms with Gasteiger partial charge in [0.15, 0.2) is 11.5 Å². The molecule has 0 saturated heterocycles. The fourth-order valence-corrected chi connectivity index (χ4v) is 2.68. The second-order valence-electron chi connectivity index (χ2n) is 5.17. The second kappa shape index (κ2) is 5.91. The van der Waals surface area contributed by atoms with Crippen LogP contribution in [0.4, 0.5) is 11.5 Å². The van der Waals surface area contributed by atoms with Gasteiger partial charge in [0.25, 0.3) is 0 Å². The predicted molar refractivity (Wildman–Crippen MR) is 75.5 cm³/mol.